The molecule has 8 atom stereocenters. The van der Waals surface area contributed by atoms with Gasteiger partial charge in [0.05, 0.1) is 13.7 Å². The number of esters is 2. The van der Waals surface area contributed by atoms with Crippen molar-refractivity contribution in [2.24, 2.45) is 0 Å². The summed E-state index contributed by atoms with van der Waals surface area (Å²) >= 11 is 0. The van der Waals surface area contributed by atoms with Crippen molar-refractivity contribution in [2.75, 3.05) is 26.9 Å². The summed E-state index contributed by atoms with van der Waals surface area (Å²) < 4.78 is 90.0. The minimum Gasteiger partial charge on any atom is -0.497 e. The molecule has 0 saturated heterocycles. The predicted molar refractivity (Wildman–Crippen MR) is 294 cm³/mol. The Bertz CT molecular complexity index is 2590. The molecule has 2 aromatic rings. The average Bonchev–Trinajstić information content (AvgIpc) is 4.07. The molecule has 5 rings (SSSR count). The lowest BCUT2D eigenvalue weighted by Gasteiger charge is -2.43. The fourth-order valence-corrected chi connectivity index (χ4v) is 11.6. The molecule has 448 valence electrons. The molecule has 1 aromatic carbocycles. The number of fused-ring (bicyclic) bond motifs is 2. The summed E-state index contributed by atoms with van der Waals surface area (Å²) in [4.78, 5) is 67.8. The van der Waals surface area contributed by atoms with Gasteiger partial charge >= 0.3 is 34.6 Å². The molecule has 1 fully saturated rings. The zero-order chi connectivity index (χ0) is 58.6. The number of carbonyl (C=O) groups is 3. The van der Waals surface area contributed by atoms with E-state index < -0.39 is 90.5 Å². The van der Waals surface area contributed by atoms with E-state index >= 15 is 8.63 Å². The Morgan fingerprint density at radius 1 is 0.738 bits per heavy atom. The molecule has 0 radical (unpaired) electrons. The van der Waals surface area contributed by atoms with Gasteiger partial charge in [-0.1, -0.05) is 76.9 Å². The van der Waals surface area contributed by atoms with Gasteiger partial charge < -0.3 is 72.2 Å². The average molecular weight is 1170 g/mol. The van der Waals surface area contributed by atoms with Gasteiger partial charge in [-0.15, -0.1) is 0 Å². The molecule has 0 bridgehead atoms. The number of hydrogen-bond acceptors (Lipinski definition) is 15. The second kappa shape index (κ2) is 31.9. The van der Waals surface area contributed by atoms with E-state index in [0.29, 0.717) is 64.5 Å². The number of benzene rings is 1. The van der Waals surface area contributed by atoms with Gasteiger partial charge in [-0.3, -0.25) is 28.0 Å². The quantitative estimate of drug-likeness (QED) is 0.0106. The number of nitrogens with one attached hydrogen (secondary N) is 1. The van der Waals surface area contributed by atoms with Crippen LogP contribution in [0.3, 0.4) is 0 Å². The van der Waals surface area contributed by atoms with Crippen LogP contribution in [0.15, 0.2) is 65.4 Å². The number of rotatable bonds is 36. The van der Waals surface area contributed by atoms with E-state index in [9.17, 15) is 58.6 Å². The lowest BCUT2D eigenvalue weighted by Crippen LogP contribution is -2.64. The van der Waals surface area contributed by atoms with Gasteiger partial charge in [-0.05, 0) is 100 Å². The first-order valence-corrected chi connectivity index (χ1v) is 30.8. The van der Waals surface area contributed by atoms with E-state index in [4.69, 9.17) is 23.3 Å². The van der Waals surface area contributed by atoms with Crippen LogP contribution < -0.4 is 10.1 Å². The number of ether oxygens (including phenoxy) is 3. The second-order valence-electron chi connectivity index (χ2n) is 20.6. The van der Waals surface area contributed by atoms with Gasteiger partial charge in [0.1, 0.15) is 54.7 Å². The number of methoxy groups -OCH3 is 1. The fourth-order valence-electron chi connectivity index (χ4n) is 10.1. The predicted octanol–water partition coefficient (Wildman–Crippen LogP) is 7.93. The fraction of sp³-hybridized carbons (Fsp3) is 0.630. The highest BCUT2D eigenvalue weighted by Crippen LogP contribution is 2.49. The maximum atomic E-state index is 16.5. The summed E-state index contributed by atoms with van der Waals surface area (Å²) in [6.45, 7) is 0.00523. The highest BCUT2D eigenvalue weighted by Gasteiger charge is 2.55. The zero-order valence-electron chi connectivity index (χ0n) is 46.2. The van der Waals surface area contributed by atoms with Crippen LogP contribution in [0.5, 0.6) is 5.75 Å². The summed E-state index contributed by atoms with van der Waals surface area (Å²) in [7, 11) is -9.31. The summed E-state index contributed by atoms with van der Waals surface area (Å²) in [6.07, 6.45) is 6.00. The van der Waals surface area contributed by atoms with Gasteiger partial charge in [0.2, 0.25) is 5.91 Å². The van der Waals surface area contributed by atoms with Crippen molar-refractivity contribution in [1.29, 1.82) is 0 Å². The molecular weight excluding hydrogens is 1090 g/mol. The standard InChI is InChI=1S/C54H82BF2N3O18P2/c1-5-6-7-8-9-10-11-12-13-14-15-16-17-18-20-23-47(62)74-35-42(36-75-80(71,72)78-54-51(66)49(64)50(65)53(52(54)67)77-79(68,69)70)76-48(63)24-21-19-22-33-58-46(61)32-30-43-37(2)45-34-40-27-31-44(39-25-28-41(73-4)29-26-39)60(40)55(56,57)59(45)38(43)3/h12-13,25-29,31,34,42,49-54,64-67H,5-11,14-24,30,32-33,35-36H2,1-4H3,(H,58,61)(H,71,72)(H2,68,69,70)/b13-12-/t42-,49+,50+,51-,52-,53-,54+/m1/s1. The Balaban J connectivity index is 1.06. The number of allylic oxidation sites excluding steroid dienone is 4. The highest BCUT2D eigenvalue weighted by atomic mass is 31.2. The third kappa shape index (κ3) is 19.6. The molecule has 26 heteroatoms. The molecule has 2 aliphatic heterocycles. The maximum Gasteiger partial charge on any atom is 0.737 e. The van der Waals surface area contributed by atoms with Crippen molar-refractivity contribution in [1.82, 2.24) is 9.79 Å². The number of hydrogen-bond donors (Lipinski definition) is 8. The minimum atomic E-state index is -5.42. The summed E-state index contributed by atoms with van der Waals surface area (Å²) in [5.41, 5.74) is 3.39. The van der Waals surface area contributed by atoms with E-state index in [1.165, 1.54) is 45.6 Å². The number of nitrogens with zero attached hydrogens (tertiary/aromatic N) is 2. The molecule has 1 amide bonds. The SMILES string of the molecule is CCCCCCCC/C=C\CCCCCCCC(=O)OC[C@H](COP(=O)(O)O[C@@H]1[C@H](O)[C@H](OP(=O)(O)O)[C@@H](O)[C@H](O)[C@H]1O)OC(=O)CCCCCNC(=O)CCC1=C(C)C2=Cc3ccc(-c4ccc(OC)cc4)n3[B-](F)(F)[N+]2=C1C. The van der Waals surface area contributed by atoms with Crippen LogP contribution >= 0.6 is 15.6 Å². The molecular formula is C54H82BF2N3O18P2. The summed E-state index contributed by atoms with van der Waals surface area (Å²) in [6, 6.07) is 10.2. The van der Waals surface area contributed by atoms with Crippen LogP contribution in [0.25, 0.3) is 17.3 Å². The summed E-state index contributed by atoms with van der Waals surface area (Å²) in [5.74, 6) is -1.14. The first-order valence-electron chi connectivity index (χ1n) is 27.8. The van der Waals surface area contributed by atoms with Crippen molar-refractivity contribution in [3.05, 3.63) is 71.1 Å². The van der Waals surface area contributed by atoms with E-state index in [0.717, 1.165) is 47.5 Å². The van der Waals surface area contributed by atoms with Crippen LogP contribution in [0.2, 0.25) is 0 Å². The van der Waals surface area contributed by atoms with Crippen molar-refractivity contribution in [3.8, 4) is 17.0 Å². The molecule has 3 heterocycles. The normalized spacial score (nSPS) is 21.9. The Morgan fingerprint density at radius 2 is 1.32 bits per heavy atom. The minimum absolute atomic E-state index is 0.0369. The van der Waals surface area contributed by atoms with Gasteiger partial charge in [0.25, 0.3) is 0 Å². The summed E-state index contributed by atoms with van der Waals surface area (Å²) in [5, 5.41) is 44.3. The number of aliphatic hydroxyl groups is 4. The maximum absolute atomic E-state index is 16.5. The number of amides is 1. The number of aliphatic hydroxyl groups excluding tert-OH is 4. The molecule has 3 aliphatic rings. The lowest BCUT2D eigenvalue weighted by atomic mass is 9.85. The Morgan fingerprint density at radius 3 is 1.95 bits per heavy atom. The number of aromatic nitrogens is 1. The largest absolute Gasteiger partial charge is 0.737 e. The Kier molecular flexibility index (Phi) is 26.4. The lowest BCUT2D eigenvalue weighted by molar-refractivity contribution is -0.362. The van der Waals surface area contributed by atoms with Crippen LogP contribution in [0, 0.1) is 0 Å². The first kappa shape index (κ1) is 66.4. The smallest absolute Gasteiger partial charge is 0.497 e. The number of carbonyl (C=O) groups excluding carboxylic acids is 3. The molecule has 0 spiro atoms. The van der Waals surface area contributed by atoms with E-state index in [1.807, 2.05) is 0 Å². The number of unbranched alkanes of at least 4 members (excludes halogenated alkanes) is 13. The third-order valence-corrected chi connectivity index (χ3v) is 16.0. The second-order valence-corrected chi connectivity index (χ2v) is 23.2. The van der Waals surface area contributed by atoms with Crippen LogP contribution in [0.1, 0.15) is 155 Å². The van der Waals surface area contributed by atoms with Crippen LogP contribution in [0.4, 0.5) is 8.63 Å². The topological polar surface area (TPSA) is 302 Å². The van der Waals surface area contributed by atoms with Crippen molar-refractivity contribution < 1.29 is 99.5 Å². The van der Waals surface area contributed by atoms with Gasteiger partial charge in [-0.25, -0.2) is 9.13 Å². The van der Waals surface area contributed by atoms with E-state index in [1.54, 1.807) is 56.3 Å². The molecule has 1 unspecified atom stereocenters. The molecule has 21 nitrogen and oxygen atoms in total. The molecule has 8 N–H and O–H groups in total. The van der Waals surface area contributed by atoms with E-state index in [-0.39, 0.29) is 44.6 Å². The Hall–Kier alpha value is -4.42. The monoisotopic (exact) mass is 1170 g/mol. The number of halogens is 2. The highest BCUT2D eigenvalue weighted by molar-refractivity contribution is 7.47. The molecule has 1 aliphatic carbocycles. The third-order valence-electron chi connectivity index (χ3n) is 14.5. The van der Waals surface area contributed by atoms with E-state index in [2.05, 4.69) is 28.9 Å². The Labute approximate surface area is 466 Å². The van der Waals surface area contributed by atoms with Crippen molar-refractivity contribution in [2.45, 2.75) is 192 Å². The van der Waals surface area contributed by atoms with Gasteiger partial charge in [0.15, 0.2) is 11.8 Å². The molecule has 1 saturated carbocycles. The van der Waals surface area contributed by atoms with Crippen LogP contribution in [-0.2, 0) is 46.6 Å². The zero-order valence-corrected chi connectivity index (χ0v) is 48.0. The van der Waals surface area contributed by atoms with Gasteiger partial charge in [-0.2, -0.15) is 0 Å². The van der Waals surface area contributed by atoms with Gasteiger partial charge in [0, 0.05) is 61.3 Å². The number of phosphoric ester groups is 2. The number of phosphoric acid groups is 2. The molecule has 80 heavy (non-hydrogen) atoms. The molecule has 1 aromatic heterocycles. The van der Waals surface area contributed by atoms with Crippen molar-refractivity contribution >= 4 is 52.2 Å². The van der Waals surface area contributed by atoms with Crippen LogP contribution in [-0.4, -0.2) is 144 Å². The first-order chi connectivity index (χ1) is 38.0. The van der Waals surface area contributed by atoms with Crippen molar-refractivity contribution in [3.63, 3.8) is 0 Å².